The fraction of sp³-hybridized carbons (Fsp3) is 0.409. The van der Waals surface area contributed by atoms with Crippen LogP contribution in [0.5, 0.6) is 0 Å². The molecule has 0 atom stereocenters. The number of amides is 2. The first-order valence-corrected chi connectivity index (χ1v) is 9.97. The highest BCUT2D eigenvalue weighted by molar-refractivity contribution is 5.99. The number of benzene rings is 2. The molecule has 3 rings (SSSR count). The van der Waals surface area contributed by atoms with Crippen molar-refractivity contribution < 1.29 is 4.79 Å². The van der Waals surface area contributed by atoms with Crippen molar-refractivity contribution in [2.45, 2.75) is 33.1 Å². The van der Waals surface area contributed by atoms with E-state index < -0.39 is 0 Å². The maximum Gasteiger partial charge on any atom is 0.323 e. The van der Waals surface area contributed by atoms with Crippen LogP contribution in [-0.4, -0.2) is 32.2 Å². The zero-order valence-corrected chi connectivity index (χ0v) is 16.4. The van der Waals surface area contributed by atoms with Crippen molar-refractivity contribution in [2.75, 3.05) is 46.6 Å². The Balaban J connectivity index is 1.54. The van der Waals surface area contributed by atoms with Crippen LogP contribution in [0.25, 0.3) is 0 Å². The monoisotopic (exact) mass is 366 g/mol. The Morgan fingerprint density at radius 2 is 1.37 bits per heavy atom. The first-order chi connectivity index (χ1) is 13.2. The van der Waals surface area contributed by atoms with Gasteiger partial charge in [-0.25, -0.2) is 4.79 Å². The number of carbonyl (C=O) groups is 1. The molecule has 0 unspecified atom stereocenters. The van der Waals surface area contributed by atoms with E-state index in [2.05, 4.69) is 46.4 Å². The Kier molecular flexibility index (Phi) is 6.58. The Labute approximate surface area is 162 Å². The van der Waals surface area contributed by atoms with E-state index in [-0.39, 0.29) is 6.03 Å². The summed E-state index contributed by atoms with van der Waals surface area (Å²) in [6, 6.07) is 15.8. The van der Waals surface area contributed by atoms with Crippen LogP contribution in [0.2, 0.25) is 0 Å². The summed E-state index contributed by atoms with van der Waals surface area (Å²) >= 11 is 0. The second kappa shape index (κ2) is 9.31. The van der Waals surface area contributed by atoms with Crippen molar-refractivity contribution in [2.24, 2.45) is 0 Å². The van der Waals surface area contributed by atoms with Gasteiger partial charge in [-0.15, -0.1) is 0 Å². The van der Waals surface area contributed by atoms with Crippen molar-refractivity contribution in [3.8, 4) is 0 Å². The molecule has 1 saturated heterocycles. The lowest BCUT2D eigenvalue weighted by Gasteiger charge is -2.28. The van der Waals surface area contributed by atoms with E-state index in [1.807, 2.05) is 36.4 Å². The van der Waals surface area contributed by atoms with Crippen LogP contribution >= 0.6 is 0 Å². The standard InChI is InChI=1S/C22H30N4O/c1-3-25(4-2)20-12-8-18(9-13-20)23-22(27)24-19-10-14-21(15-11-19)26-16-6-5-7-17-26/h8-15H,3-7,16-17H2,1-2H3,(H2,23,24,27). The lowest BCUT2D eigenvalue weighted by atomic mass is 10.1. The molecule has 1 fully saturated rings. The average Bonchev–Trinajstić information content (AvgIpc) is 2.71. The quantitative estimate of drug-likeness (QED) is 0.742. The van der Waals surface area contributed by atoms with Crippen molar-refractivity contribution in [1.82, 2.24) is 0 Å². The minimum Gasteiger partial charge on any atom is -0.372 e. The first kappa shape index (κ1) is 19.1. The molecule has 0 bridgehead atoms. The van der Waals surface area contributed by atoms with Gasteiger partial charge in [0.25, 0.3) is 0 Å². The molecule has 5 nitrogen and oxygen atoms in total. The summed E-state index contributed by atoms with van der Waals surface area (Å²) < 4.78 is 0. The molecular weight excluding hydrogens is 336 g/mol. The third kappa shape index (κ3) is 5.16. The van der Waals surface area contributed by atoms with E-state index in [1.165, 1.54) is 30.6 Å². The van der Waals surface area contributed by atoms with Crippen molar-refractivity contribution in [3.63, 3.8) is 0 Å². The zero-order valence-electron chi connectivity index (χ0n) is 16.4. The third-order valence-electron chi connectivity index (χ3n) is 5.10. The van der Waals surface area contributed by atoms with Gasteiger partial charge in [0.15, 0.2) is 0 Å². The molecule has 0 radical (unpaired) electrons. The number of piperidine rings is 1. The fourth-order valence-corrected chi connectivity index (χ4v) is 3.55. The molecular formula is C22H30N4O. The molecule has 2 aromatic rings. The number of nitrogens with zero attached hydrogens (tertiary/aromatic N) is 2. The summed E-state index contributed by atoms with van der Waals surface area (Å²) in [5, 5.41) is 5.79. The Hall–Kier alpha value is -2.69. The lowest BCUT2D eigenvalue weighted by Crippen LogP contribution is -2.29. The van der Waals surface area contributed by atoms with Crippen LogP contribution in [0.3, 0.4) is 0 Å². The largest absolute Gasteiger partial charge is 0.372 e. The van der Waals surface area contributed by atoms with E-state index in [4.69, 9.17) is 0 Å². The van der Waals surface area contributed by atoms with Crippen molar-refractivity contribution in [1.29, 1.82) is 0 Å². The summed E-state index contributed by atoms with van der Waals surface area (Å²) in [6.07, 6.45) is 3.84. The maximum atomic E-state index is 12.3. The number of nitrogens with one attached hydrogen (secondary N) is 2. The van der Waals surface area contributed by atoms with Crippen LogP contribution in [-0.2, 0) is 0 Å². The van der Waals surface area contributed by atoms with Gasteiger partial charge in [0, 0.05) is 48.9 Å². The molecule has 2 aromatic carbocycles. The van der Waals surface area contributed by atoms with Gasteiger partial charge in [0.1, 0.15) is 0 Å². The maximum absolute atomic E-state index is 12.3. The second-order valence-electron chi connectivity index (χ2n) is 6.89. The van der Waals surface area contributed by atoms with Gasteiger partial charge in [-0.1, -0.05) is 0 Å². The highest BCUT2D eigenvalue weighted by Crippen LogP contribution is 2.22. The Morgan fingerprint density at radius 3 is 1.89 bits per heavy atom. The minimum absolute atomic E-state index is 0.226. The fourth-order valence-electron chi connectivity index (χ4n) is 3.55. The molecule has 1 aliphatic heterocycles. The number of hydrogen-bond acceptors (Lipinski definition) is 3. The summed E-state index contributed by atoms with van der Waals surface area (Å²) in [7, 11) is 0. The van der Waals surface area contributed by atoms with Gasteiger partial charge in [0.2, 0.25) is 0 Å². The molecule has 0 aromatic heterocycles. The van der Waals surface area contributed by atoms with E-state index in [0.717, 1.165) is 37.6 Å². The minimum atomic E-state index is -0.226. The van der Waals surface area contributed by atoms with Crippen LogP contribution in [0.15, 0.2) is 48.5 Å². The molecule has 1 aliphatic rings. The van der Waals surface area contributed by atoms with E-state index >= 15 is 0 Å². The molecule has 27 heavy (non-hydrogen) atoms. The van der Waals surface area contributed by atoms with E-state index in [9.17, 15) is 4.79 Å². The summed E-state index contributed by atoms with van der Waals surface area (Å²) in [5.74, 6) is 0. The smallest absolute Gasteiger partial charge is 0.323 e. The molecule has 0 aliphatic carbocycles. The summed E-state index contributed by atoms with van der Waals surface area (Å²) in [6.45, 7) is 8.46. The SMILES string of the molecule is CCN(CC)c1ccc(NC(=O)Nc2ccc(N3CCCCC3)cc2)cc1. The van der Waals surface area contributed by atoms with Gasteiger partial charge in [-0.2, -0.15) is 0 Å². The highest BCUT2D eigenvalue weighted by Gasteiger charge is 2.11. The highest BCUT2D eigenvalue weighted by atomic mass is 16.2. The van der Waals surface area contributed by atoms with Gasteiger partial charge in [-0.3, -0.25) is 0 Å². The van der Waals surface area contributed by atoms with Gasteiger partial charge in [-0.05, 0) is 81.6 Å². The summed E-state index contributed by atoms with van der Waals surface area (Å²) in [4.78, 5) is 16.9. The van der Waals surface area contributed by atoms with Gasteiger partial charge in [0.05, 0.1) is 0 Å². The predicted molar refractivity (Wildman–Crippen MR) is 115 cm³/mol. The zero-order chi connectivity index (χ0) is 19.1. The van der Waals surface area contributed by atoms with Crippen LogP contribution < -0.4 is 20.4 Å². The van der Waals surface area contributed by atoms with Gasteiger partial charge < -0.3 is 20.4 Å². The second-order valence-corrected chi connectivity index (χ2v) is 6.89. The first-order valence-electron chi connectivity index (χ1n) is 9.97. The Bertz CT molecular complexity index is 717. The molecule has 2 amide bonds. The normalized spacial score (nSPS) is 13.9. The van der Waals surface area contributed by atoms with E-state index in [1.54, 1.807) is 0 Å². The van der Waals surface area contributed by atoms with Gasteiger partial charge >= 0.3 is 6.03 Å². The molecule has 144 valence electrons. The average molecular weight is 367 g/mol. The van der Waals surface area contributed by atoms with Crippen LogP contribution in [0, 0.1) is 0 Å². The number of urea groups is 1. The summed E-state index contributed by atoms with van der Waals surface area (Å²) in [5.41, 5.74) is 3.98. The number of anilines is 4. The molecule has 0 saturated carbocycles. The number of carbonyl (C=O) groups excluding carboxylic acids is 1. The van der Waals surface area contributed by atoms with Crippen molar-refractivity contribution >= 4 is 28.8 Å². The molecule has 2 N–H and O–H groups in total. The number of rotatable bonds is 6. The van der Waals surface area contributed by atoms with Crippen LogP contribution in [0.1, 0.15) is 33.1 Å². The van der Waals surface area contributed by atoms with Crippen molar-refractivity contribution in [3.05, 3.63) is 48.5 Å². The Morgan fingerprint density at radius 1 is 0.852 bits per heavy atom. The van der Waals surface area contributed by atoms with E-state index in [0.29, 0.717) is 0 Å². The lowest BCUT2D eigenvalue weighted by molar-refractivity contribution is 0.262. The predicted octanol–water partition coefficient (Wildman–Crippen LogP) is 5.17. The third-order valence-corrected chi connectivity index (χ3v) is 5.10. The topological polar surface area (TPSA) is 47.6 Å². The molecule has 1 heterocycles. The molecule has 5 heteroatoms. The number of hydrogen-bond donors (Lipinski definition) is 2. The molecule has 0 spiro atoms. The van der Waals surface area contributed by atoms with Crippen LogP contribution in [0.4, 0.5) is 27.5 Å².